The molecule has 31 heavy (non-hydrogen) atoms. The molecular weight excluding hydrogens is 466 g/mol. The van der Waals surface area contributed by atoms with Crippen molar-refractivity contribution in [3.63, 3.8) is 0 Å². The van der Waals surface area contributed by atoms with Crippen LogP contribution in [-0.2, 0) is 10.2 Å². The van der Waals surface area contributed by atoms with Crippen molar-refractivity contribution in [1.82, 2.24) is 15.1 Å². The lowest BCUT2D eigenvalue weighted by Crippen LogP contribution is -2.46. The van der Waals surface area contributed by atoms with Gasteiger partial charge in [0.1, 0.15) is 0 Å². The third kappa shape index (κ3) is 2.42. The number of anilines is 1. The first-order valence-corrected chi connectivity index (χ1v) is 10.2. The van der Waals surface area contributed by atoms with Crippen LogP contribution in [0.3, 0.4) is 0 Å². The van der Waals surface area contributed by atoms with Gasteiger partial charge in [0, 0.05) is 22.8 Å². The Labute approximate surface area is 185 Å². The van der Waals surface area contributed by atoms with Crippen molar-refractivity contribution in [2.75, 3.05) is 12.4 Å². The Balaban J connectivity index is 1.95. The number of aromatic nitrogens is 2. The molecule has 0 radical (unpaired) electrons. The Morgan fingerprint density at radius 3 is 2.61 bits per heavy atom. The maximum absolute atomic E-state index is 13.6. The largest absolute Gasteiger partial charge is 0.416 e. The van der Waals surface area contributed by atoms with Crippen LogP contribution in [0, 0.1) is 17.0 Å². The van der Waals surface area contributed by atoms with E-state index in [4.69, 9.17) is 4.74 Å². The van der Waals surface area contributed by atoms with Crippen LogP contribution in [0.25, 0.3) is 5.69 Å². The van der Waals surface area contributed by atoms with Crippen LogP contribution in [0.5, 0.6) is 5.88 Å². The summed E-state index contributed by atoms with van der Waals surface area (Å²) in [6.45, 7) is 1.72. The number of carbonyl (C=O) groups is 1. The summed E-state index contributed by atoms with van der Waals surface area (Å²) in [4.78, 5) is 25.4. The number of amides is 1. The minimum atomic E-state index is -1.75. The number of para-hydroxylation sites is 1. The molecule has 3 aromatic rings. The van der Waals surface area contributed by atoms with Crippen LogP contribution in [0.4, 0.5) is 5.69 Å². The molecule has 0 saturated heterocycles. The fourth-order valence-electron chi connectivity index (χ4n) is 4.40. The predicted molar refractivity (Wildman–Crippen MR) is 116 cm³/mol. The first kappa shape index (κ1) is 19.3. The van der Waals surface area contributed by atoms with Crippen LogP contribution >= 0.6 is 15.9 Å². The number of halogens is 1. The zero-order chi connectivity index (χ0) is 21.9. The number of nitro groups is 1. The van der Waals surface area contributed by atoms with Crippen LogP contribution in [-0.4, -0.2) is 27.7 Å². The van der Waals surface area contributed by atoms with Crippen molar-refractivity contribution in [1.29, 1.82) is 0 Å². The Kier molecular flexibility index (Phi) is 4.16. The standard InChI is InChI=1S/C21H16BrN5O4/c1-11-15-19(26(25-11)12-7-4-3-5-8-12)31-18(23-2)17(27(29)30)21(15)16-13(22)9-6-10-14(16)24-20(21)28/h3-10,23H,1-2H3,(H,24,28). The summed E-state index contributed by atoms with van der Waals surface area (Å²) in [5.41, 5.74) is 0.308. The molecule has 1 unspecified atom stereocenters. The molecule has 9 nitrogen and oxygen atoms in total. The van der Waals surface area contributed by atoms with E-state index in [0.717, 1.165) is 0 Å². The Morgan fingerprint density at radius 1 is 1.19 bits per heavy atom. The Bertz CT molecular complexity index is 1300. The van der Waals surface area contributed by atoms with Gasteiger partial charge in [0.25, 0.3) is 11.8 Å². The number of aryl methyl sites for hydroxylation is 1. The number of hydrogen-bond acceptors (Lipinski definition) is 6. The molecule has 1 spiro atoms. The second-order valence-corrected chi connectivity index (χ2v) is 8.02. The van der Waals surface area contributed by atoms with Gasteiger partial charge >= 0.3 is 5.70 Å². The number of fused-ring (bicyclic) bond motifs is 4. The molecule has 10 heteroatoms. The van der Waals surface area contributed by atoms with Gasteiger partial charge in [0.2, 0.25) is 11.3 Å². The highest BCUT2D eigenvalue weighted by atomic mass is 79.9. The van der Waals surface area contributed by atoms with E-state index in [2.05, 4.69) is 31.7 Å². The summed E-state index contributed by atoms with van der Waals surface area (Å²) < 4.78 is 8.11. The first-order chi connectivity index (χ1) is 14.9. The SMILES string of the molecule is CNC1=C([N+](=O)[O-])C2(C(=O)Nc3cccc(Br)c32)c2c(C)nn(-c3ccccc3)c2O1. The van der Waals surface area contributed by atoms with E-state index in [1.54, 1.807) is 29.8 Å². The number of benzene rings is 2. The van der Waals surface area contributed by atoms with Gasteiger partial charge in [-0.2, -0.15) is 5.10 Å². The van der Waals surface area contributed by atoms with Gasteiger partial charge in [-0.25, -0.2) is 4.68 Å². The molecule has 5 rings (SSSR count). The van der Waals surface area contributed by atoms with Gasteiger partial charge in [0.15, 0.2) is 0 Å². The summed E-state index contributed by atoms with van der Waals surface area (Å²) in [6.07, 6.45) is 0. The highest BCUT2D eigenvalue weighted by Gasteiger charge is 2.65. The lowest BCUT2D eigenvalue weighted by Gasteiger charge is -2.31. The lowest BCUT2D eigenvalue weighted by atomic mass is 9.71. The van der Waals surface area contributed by atoms with E-state index >= 15 is 0 Å². The number of nitrogens with one attached hydrogen (secondary N) is 2. The fraction of sp³-hybridized carbons (Fsp3) is 0.143. The van der Waals surface area contributed by atoms with Gasteiger partial charge in [-0.3, -0.25) is 14.9 Å². The smallest absolute Gasteiger partial charge is 0.330 e. The second kappa shape index (κ2) is 6.67. The number of nitrogens with zero attached hydrogens (tertiary/aromatic N) is 3. The summed E-state index contributed by atoms with van der Waals surface area (Å²) >= 11 is 3.51. The number of rotatable bonds is 3. The van der Waals surface area contributed by atoms with E-state index in [1.807, 2.05) is 30.3 Å². The van der Waals surface area contributed by atoms with Gasteiger partial charge < -0.3 is 15.4 Å². The second-order valence-electron chi connectivity index (χ2n) is 7.17. The zero-order valence-electron chi connectivity index (χ0n) is 16.5. The van der Waals surface area contributed by atoms with Crippen LogP contribution in [0.1, 0.15) is 16.8 Å². The van der Waals surface area contributed by atoms with Gasteiger partial charge in [-0.1, -0.05) is 40.2 Å². The van der Waals surface area contributed by atoms with Crippen molar-refractivity contribution < 1.29 is 14.5 Å². The quantitative estimate of drug-likeness (QED) is 0.438. The third-order valence-electron chi connectivity index (χ3n) is 5.55. The normalized spacial score (nSPS) is 19.0. The van der Waals surface area contributed by atoms with Crippen molar-refractivity contribution in [3.8, 4) is 11.6 Å². The minimum absolute atomic E-state index is 0.117. The summed E-state index contributed by atoms with van der Waals surface area (Å²) in [5.74, 6) is -0.403. The number of carbonyl (C=O) groups excluding carboxylic acids is 1. The molecule has 2 aliphatic rings. The molecule has 0 aliphatic carbocycles. The Morgan fingerprint density at radius 2 is 1.94 bits per heavy atom. The number of ether oxygens (including phenoxy) is 1. The summed E-state index contributed by atoms with van der Waals surface area (Å²) in [6, 6.07) is 14.5. The zero-order valence-corrected chi connectivity index (χ0v) is 18.1. The average Bonchev–Trinajstić information content (AvgIpc) is 3.24. The van der Waals surface area contributed by atoms with E-state index in [-0.39, 0.29) is 17.5 Å². The van der Waals surface area contributed by atoms with Crippen LogP contribution < -0.4 is 15.4 Å². The molecule has 2 aliphatic heterocycles. The summed E-state index contributed by atoms with van der Waals surface area (Å²) in [5, 5.41) is 22.5. The topological polar surface area (TPSA) is 111 Å². The molecule has 3 heterocycles. The van der Waals surface area contributed by atoms with E-state index < -0.39 is 16.2 Å². The molecule has 1 atom stereocenters. The van der Waals surface area contributed by atoms with Crippen molar-refractivity contribution in [2.45, 2.75) is 12.3 Å². The summed E-state index contributed by atoms with van der Waals surface area (Å²) in [7, 11) is 1.52. The van der Waals surface area contributed by atoms with Gasteiger partial charge in [-0.05, 0) is 31.2 Å². The van der Waals surface area contributed by atoms with Crippen molar-refractivity contribution in [2.24, 2.45) is 0 Å². The molecule has 0 saturated carbocycles. The number of hydrogen-bond donors (Lipinski definition) is 2. The maximum atomic E-state index is 13.6. The molecule has 1 aromatic heterocycles. The van der Waals surface area contributed by atoms with E-state index in [0.29, 0.717) is 32.7 Å². The molecule has 0 bridgehead atoms. The monoisotopic (exact) mass is 481 g/mol. The first-order valence-electron chi connectivity index (χ1n) is 9.42. The fourth-order valence-corrected chi connectivity index (χ4v) is 5.07. The van der Waals surface area contributed by atoms with Crippen LogP contribution in [0.15, 0.2) is 64.6 Å². The molecule has 1 amide bonds. The third-order valence-corrected chi connectivity index (χ3v) is 6.21. The predicted octanol–water partition coefficient (Wildman–Crippen LogP) is 3.24. The van der Waals surface area contributed by atoms with Gasteiger partial charge in [-0.15, -0.1) is 0 Å². The van der Waals surface area contributed by atoms with Gasteiger partial charge in [0.05, 0.1) is 21.9 Å². The molecular formula is C21H16BrN5O4. The Hall–Kier alpha value is -3.66. The highest BCUT2D eigenvalue weighted by molar-refractivity contribution is 9.10. The lowest BCUT2D eigenvalue weighted by molar-refractivity contribution is -0.436. The maximum Gasteiger partial charge on any atom is 0.330 e. The average molecular weight is 482 g/mol. The molecule has 2 N–H and O–H groups in total. The van der Waals surface area contributed by atoms with Crippen molar-refractivity contribution >= 4 is 27.5 Å². The van der Waals surface area contributed by atoms with Crippen molar-refractivity contribution in [3.05, 3.63) is 91.5 Å². The molecule has 156 valence electrons. The van der Waals surface area contributed by atoms with E-state index in [1.165, 1.54) is 7.05 Å². The minimum Gasteiger partial charge on any atom is -0.416 e. The molecule has 2 aromatic carbocycles. The van der Waals surface area contributed by atoms with Crippen LogP contribution in [0.2, 0.25) is 0 Å². The molecule has 0 fully saturated rings. The highest BCUT2D eigenvalue weighted by Crippen LogP contribution is 2.56. The van der Waals surface area contributed by atoms with E-state index in [9.17, 15) is 14.9 Å².